The van der Waals surface area contributed by atoms with Crippen LogP contribution < -0.4 is 32.9 Å². The average molecular weight is 548 g/mol. The predicted molar refractivity (Wildman–Crippen MR) is 149 cm³/mol. The van der Waals surface area contributed by atoms with Crippen LogP contribution in [0.25, 0.3) is 0 Å². The van der Waals surface area contributed by atoms with Crippen molar-refractivity contribution in [3.8, 4) is 0 Å². The molecule has 0 saturated heterocycles. The summed E-state index contributed by atoms with van der Waals surface area (Å²) in [5, 5.41) is 4.45. The molecule has 0 fully saturated rings. The zero-order valence-electron chi connectivity index (χ0n) is 20.4. The van der Waals surface area contributed by atoms with Gasteiger partial charge in [-0.1, -0.05) is 91.3 Å². The topological polar surface area (TPSA) is 9.23 Å². The highest BCUT2D eigenvalue weighted by atomic mass is 79.9. The van der Waals surface area contributed by atoms with Crippen molar-refractivity contribution in [3.63, 3.8) is 0 Å². The second-order valence-electron chi connectivity index (χ2n) is 8.80. The number of rotatable bonds is 13. The molecular weight excluding hydrogens is 511 g/mol. The Balaban J connectivity index is 0.00000342. The van der Waals surface area contributed by atoms with E-state index in [1.165, 1.54) is 46.9 Å². The van der Waals surface area contributed by atoms with Crippen molar-refractivity contribution >= 4 is 23.2 Å². The van der Waals surface area contributed by atoms with Gasteiger partial charge in [0.2, 0.25) is 0 Å². The fraction of sp³-hybridized carbons (Fsp3) is 0.250. The summed E-state index contributed by atoms with van der Waals surface area (Å²) in [6.07, 6.45) is 7.05. The number of hydrogen-bond donors (Lipinski definition) is 0. The van der Waals surface area contributed by atoms with Crippen molar-refractivity contribution in [1.29, 1.82) is 0 Å². The third-order valence-corrected chi connectivity index (χ3v) is 11.0. The number of unbranched alkanes of at least 4 members (excludes halogenated alkanes) is 3. The van der Waals surface area contributed by atoms with Gasteiger partial charge in [-0.2, -0.15) is 0 Å². The fourth-order valence-electron chi connectivity index (χ4n) is 4.73. The summed E-state index contributed by atoms with van der Waals surface area (Å²) in [5.74, 6) is 0. The second-order valence-corrected chi connectivity index (χ2v) is 12.4. The van der Waals surface area contributed by atoms with Gasteiger partial charge in [0.1, 0.15) is 23.2 Å². The zero-order chi connectivity index (χ0) is 23.3. The fourth-order valence-corrected chi connectivity index (χ4v) is 9.14. The van der Waals surface area contributed by atoms with Gasteiger partial charge < -0.3 is 21.7 Å². The van der Waals surface area contributed by atoms with Gasteiger partial charge in [0, 0.05) is 6.61 Å². The Morgan fingerprint density at radius 2 is 0.886 bits per heavy atom. The average Bonchev–Trinajstić information content (AvgIpc) is 2.92. The van der Waals surface area contributed by atoms with Gasteiger partial charge >= 0.3 is 0 Å². The van der Waals surface area contributed by atoms with Gasteiger partial charge in [0.15, 0.2) is 0 Å². The summed E-state index contributed by atoms with van der Waals surface area (Å²) in [5.41, 5.74) is 1.35. The number of benzene rings is 4. The van der Waals surface area contributed by atoms with E-state index in [4.69, 9.17) is 4.74 Å². The third-order valence-electron chi connectivity index (χ3n) is 6.50. The van der Waals surface area contributed by atoms with E-state index in [0.717, 1.165) is 26.1 Å². The monoisotopic (exact) mass is 546 g/mol. The summed E-state index contributed by atoms with van der Waals surface area (Å²) in [6, 6.07) is 44.2. The first kappa shape index (κ1) is 27.3. The quantitative estimate of drug-likeness (QED) is 0.183. The summed E-state index contributed by atoms with van der Waals surface area (Å²) in [4.78, 5) is 0. The van der Waals surface area contributed by atoms with Crippen molar-refractivity contribution in [1.82, 2.24) is 0 Å². The standard InChI is InChI=1S/C32H36OP.BrH/c1(15-26-33-27-25-29-17-7-3-8-18-29)2-16-28-34(30-19-9-4-10-20-30,31-21-11-5-12-22-31)32-23-13-6-14-24-32;/h3-14,17-24H,1-2,15-16,25-28H2;1H/q+1;/p-1. The van der Waals surface area contributed by atoms with Crippen LogP contribution in [-0.4, -0.2) is 19.4 Å². The number of halogens is 1. The lowest BCUT2D eigenvalue weighted by molar-refractivity contribution is -0.00000751. The SMILES string of the molecule is [Br-].c1ccc(CCOCCCCCC[P+](c2ccccc2)(c2ccccc2)c2ccccc2)cc1. The smallest absolute Gasteiger partial charge is 0.112 e. The Kier molecular flexibility index (Phi) is 11.7. The van der Waals surface area contributed by atoms with Crippen molar-refractivity contribution in [2.45, 2.75) is 32.1 Å². The summed E-state index contributed by atoms with van der Waals surface area (Å²) in [7, 11) is -1.68. The molecule has 0 bridgehead atoms. The number of ether oxygens (including phenoxy) is 1. The van der Waals surface area contributed by atoms with Crippen molar-refractivity contribution in [2.24, 2.45) is 0 Å². The van der Waals surface area contributed by atoms with Gasteiger partial charge in [-0.3, -0.25) is 0 Å². The van der Waals surface area contributed by atoms with Gasteiger partial charge in [0.05, 0.1) is 12.8 Å². The summed E-state index contributed by atoms with van der Waals surface area (Å²) < 4.78 is 5.90. The minimum Gasteiger partial charge on any atom is -1.00 e. The van der Waals surface area contributed by atoms with Crippen molar-refractivity contribution < 1.29 is 21.7 Å². The van der Waals surface area contributed by atoms with Crippen LogP contribution in [0.2, 0.25) is 0 Å². The molecule has 0 atom stereocenters. The van der Waals surface area contributed by atoms with Gasteiger partial charge in [-0.25, -0.2) is 0 Å². The largest absolute Gasteiger partial charge is 1.00 e. The maximum atomic E-state index is 5.90. The van der Waals surface area contributed by atoms with E-state index >= 15 is 0 Å². The van der Waals surface area contributed by atoms with E-state index in [2.05, 4.69) is 121 Å². The molecule has 0 heterocycles. The van der Waals surface area contributed by atoms with Crippen LogP contribution in [0.15, 0.2) is 121 Å². The molecule has 4 aromatic rings. The van der Waals surface area contributed by atoms with E-state index in [1.54, 1.807) is 0 Å². The Morgan fingerprint density at radius 1 is 0.457 bits per heavy atom. The van der Waals surface area contributed by atoms with E-state index in [9.17, 15) is 0 Å². The Morgan fingerprint density at radius 3 is 1.37 bits per heavy atom. The molecule has 1 nitrogen and oxygen atoms in total. The van der Waals surface area contributed by atoms with Crippen molar-refractivity contribution in [3.05, 3.63) is 127 Å². The second kappa shape index (κ2) is 15.0. The molecule has 3 heteroatoms. The molecule has 0 saturated carbocycles. The van der Waals surface area contributed by atoms with E-state index in [1.807, 2.05) is 0 Å². The normalized spacial score (nSPS) is 11.1. The first-order valence-electron chi connectivity index (χ1n) is 12.6. The molecule has 0 unspecified atom stereocenters. The van der Waals surface area contributed by atoms with Crippen LogP contribution >= 0.6 is 7.26 Å². The van der Waals surface area contributed by atoms with Crippen LogP contribution in [0.3, 0.4) is 0 Å². The Labute approximate surface area is 222 Å². The minimum absolute atomic E-state index is 0. The van der Waals surface area contributed by atoms with Crippen LogP contribution in [0.5, 0.6) is 0 Å². The van der Waals surface area contributed by atoms with Crippen molar-refractivity contribution in [2.75, 3.05) is 19.4 Å². The molecule has 0 aliphatic carbocycles. The Hall–Kier alpha value is -2.25. The molecule has 4 aromatic carbocycles. The maximum absolute atomic E-state index is 5.90. The van der Waals surface area contributed by atoms with Gasteiger partial charge in [0.25, 0.3) is 0 Å². The van der Waals surface area contributed by atoms with Crippen LogP contribution in [0, 0.1) is 0 Å². The molecule has 0 aromatic heterocycles. The van der Waals surface area contributed by atoms with Crippen LogP contribution in [-0.2, 0) is 11.2 Å². The molecule has 0 N–H and O–H groups in total. The Bertz CT molecular complexity index is 975. The molecule has 0 radical (unpaired) electrons. The highest BCUT2D eigenvalue weighted by Gasteiger charge is 2.44. The maximum Gasteiger partial charge on any atom is 0.112 e. The number of hydrogen-bond acceptors (Lipinski definition) is 1. The third kappa shape index (κ3) is 7.61. The molecule has 0 amide bonds. The molecule has 4 rings (SSSR count). The minimum atomic E-state index is -1.68. The summed E-state index contributed by atoms with van der Waals surface area (Å²) >= 11 is 0. The lowest BCUT2D eigenvalue weighted by atomic mass is 10.2. The van der Waals surface area contributed by atoms with Crippen LogP contribution in [0.1, 0.15) is 31.2 Å². The molecule has 0 aliphatic heterocycles. The van der Waals surface area contributed by atoms with Crippen LogP contribution in [0.4, 0.5) is 0 Å². The zero-order valence-corrected chi connectivity index (χ0v) is 22.9. The lowest BCUT2D eigenvalue weighted by Crippen LogP contribution is -3.00. The molecule has 182 valence electrons. The highest BCUT2D eigenvalue weighted by molar-refractivity contribution is 7.95. The van der Waals surface area contributed by atoms with E-state index < -0.39 is 7.26 Å². The molecule has 35 heavy (non-hydrogen) atoms. The van der Waals surface area contributed by atoms with E-state index in [0.29, 0.717) is 0 Å². The lowest BCUT2D eigenvalue weighted by Gasteiger charge is -2.27. The molecule has 0 spiro atoms. The first-order valence-corrected chi connectivity index (χ1v) is 14.5. The van der Waals surface area contributed by atoms with Gasteiger partial charge in [-0.05, 0) is 67.6 Å². The molecular formula is C32H36BrOP. The predicted octanol–water partition coefficient (Wildman–Crippen LogP) is 3.80. The summed E-state index contributed by atoms with van der Waals surface area (Å²) in [6.45, 7) is 1.68. The van der Waals surface area contributed by atoms with E-state index in [-0.39, 0.29) is 17.0 Å². The highest BCUT2D eigenvalue weighted by Crippen LogP contribution is 2.55. The van der Waals surface area contributed by atoms with Gasteiger partial charge in [-0.15, -0.1) is 0 Å². The first-order chi connectivity index (χ1) is 16.9. The molecule has 0 aliphatic rings.